The minimum atomic E-state index is -3.65. The van der Waals surface area contributed by atoms with E-state index >= 15 is 0 Å². The average molecular weight is 328 g/mol. The fourth-order valence-electron chi connectivity index (χ4n) is 1.82. The van der Waals surface area contributed by atoms with Crippen molar-refractivity contribution in [1.82, 2.24) is 4.72 Å². The number of rotatable bonds is 9. The van der Waals surface area contributed by atoms with Crippen LogP contribution in [0, 0.1) is 12.8 Å². The zero-order valence-corrected chi connectivity index (χ0v) is 14.1. The second kappa shape index (κ2) is 8.26. The van der Waals surface area contributed by atoms with E-state index in [0.29, 0.717) is 31.1 Å². The predicted octanol–water partition coefficient (Wildman–Crippen LogP) is 1.43. The van der Waals surface area contributed by atoms with Crippen molar-refractivity contribution in [1.29, 1.82) is 0 Å². The fraction of sp³-hybridized carbons (Fsp3) is 0.533. The van der Waals surface area contributed by atoms with Crippen molar-refractivity contribution < 1.29 is 17.9 Å². The lowest BCUT2D eigenvalue weighted by atomic mass is 10.1. The Balaban J connectivity index is 2.60. The van der Waals surface area contributed by atoms with E-state index in [1.54, 1.807) is 13.0 Å². The fourth-order valence-corrected chi connectivity index (χ4v) is 2.92. The first-order chi connectivity index (χ1) is 10.2. The Morgan fingerprint density at radius 2 is 2.05 bits per heavy atom. The largest absolute Gasteiger partial charge is 0.381 e. The van der Waals surface area contributed by atoms with E-state index in [4.69, 9.17) is 10.5 Å². The predicted molar refractivity (Wildman–Crippen MR) is 85.2 cm³/mol. The molecule has 0 aromatic heterocycles. The molecule has 7 heteroatoms. The van der Waals surface area contributed by atoms with E-state index in [9.17, 15) is 13.2 Å². The van der Waals surface area contributed by atoms with Crippen LogP contribution in [-0.4, -0.2) is 34.1 Å². The van der Waals surface area contributed by atoms with E-state index in [0.717, 1.165) is 0 Å². The second-order valence-electron chi connectivity index (χ2n) is 5.56. The van der Waals surface area contributed by atoms with Gasteiger partial charge >= 0.3 is 0 Å². The van der Waals surface area contributed by atoms with Crippen LogP contribution in [0.1, 0.15) is 36.2 Å². The summed E-state index contributed by atoms with van der Waals surface area (Å²) in [5, 5.41) is 0. The van der Waals surface area contributed by atoms with Gasteiger partial charge in [0.2, 0.25) is 15.9 Å². The first-order valence-electron chi connectivity index (χ1n) is 7.22. The first-order valence-corrected chi connectivity index (χ1v) is 8.70. The SMILES string of the molecule is Cc1ccc(S(=O)(=O)NCCCOCC(C)C)cc1C(N)=O. The lowest BCUT2D eigenvalue weighted by molar-refractivity contribution is 0.0999. The van der Waals surface area contributed by atoms with Crippen LogP contribution in [0.3, 0.4) is 0 Å². The molecule has 0 aliphatic carbocycles. The van der Waals surface area contributed by atoms with Crippen molar-refractivity contribution in [2.45, 2.75) is 32.1 Å². The van der Waals surface area contributed by atoms with Gasteiger partial charge < -0.3 is 10.5 Å². The highest BCUT2D eigenvalue weighted by Gasteiger charge is 2.16. The van der Waals surface area contributed by atoms with Crippen LogP contribution in [0.5, 0.6) is 0 Å². The highest BCUT2D eigenvalue weighted by Crippen LogP contribution is 2.15. The maximum atomic E-state index is 12.2. The molecule has 0 heterocycles. The molecule has 1 amide bonds. The molecule has 22 heavy (non-hydrogen) atoms. The molecule has 6 nitrogen and oxygen atoms in total. The Kier molecular flexibility index (Phi) is 6.99. The van der Waals surface area contributed by atoms with Crippen LogP contribution >= 0.6 is 0 Å². The van der Waals surface area contributed by atoms with E-state index in [1.807, 2.05) is 0 Å². The van der Waals surface area contributed by atoms with Crippen molar-refractivity contribution in [2.75, 3.05) is 19.8 Å². The number of nitrogens with one attached hydrogen (secondary N) is 1. The highest BCUT2D eigenvalue weighted by molar-refractivity contribution is 7.89. The summed E-state index contributed by atoms with van der Waals surface area (Å²) in [4.78, 5) is 11.3. The number of carbonyl (C=O) groups is 1. The van der Waals surface area contributed by atoms with Gasteiger partial charge in [0.1, 0.15) is 0 Å². The number of primary amides is 1. The van der Waals surface area contributed by atoms with E-state index in [2.05, 4.69) is 18.6 Å². The topological polar surface area (TPSA) is 98.5 Å². The molecule has 0 unspecified atom stereocenters. The number of benzene rings is 1. The average Bonchev–Trinajstić information content (AvgIpc) is 2.42. The van der Waals surface area contributed by atoms with Crippen LogP contribution in [-0.2, 0) is 14.8 Å². The van der Waals surface area contributed by atoms with Crippen molar-refractivity contribution in [3.8, 4) is 0 Å². The second-order valence-corrected chi connectivity index (χ2v) is 7.33. The molecule has 0 fully saturated rings. The summed E-state index contributed by atoms with van der Waals surface area (Å²) in [6, 6.07) is 4.33. The number of amides is 1. The van der Waals surface area contributed by atoms with Crippen molar-refractivity contribution in [3.05, 3.63) is 29.3 Å². The summed E-state index contributed by atoms with van der Waals surface area (Å²) >= 11 is 0. The third-order valence-electron chi connectivity index (χ3n) is 2.99. The number of nitrogens with two attached hydrogens (primary N) is 1. The number of carbonyl (C=O) groups excluding carboxylic acids is 1. The summed E-state index contributed by atoms with van der Waals surface area (Å²) < 4.78 is 32.2. The van der Waals surface area contributed by atoms with E-state index in [-0.39, 0.29) is 17.0 Å². The Bertz CT molecular complexity index is 612. The molecule has 124 valence electrons. The van der Waals surface area contributed by atoms with Crippen LogP contribution in [0.15, 0.2) is 23.1 Å². The van der Waals surface area contributed by atoms with Gasteiger partial charge in [0.25, 0.3) is 0 Å². The first kappa shape index (κ1) is 18.6. The molecule has 3 N–H and O–H groups in total. The van der Waals surface area contributed by atoms with Crippen LogP contribution in [0.2, 0.25) is 0 Å². The van der Waals surface area contributed by atoms with Gasteiger partial charge in [0.05, 0.1) is 4.90 Å². The van der Waals surface area contributed by atoms with Crippen molar-refractivity contribution >= 4 is 15.9 Å². The molecule has 1 aromatic carbocycles. The molecule has 0 saturated heterocycles. The minimum absolute atomic E-state index is 0.0370. The standard InChI is InChI=1S/C15H24N2O4S/c1-11(2)10-21-8-4-7-17-22(19,20)13-6-5-12(3)14(9-13)15(16)18/h5-6,9,11,17H,4,7-8,10H2,1-3H3,(H2,16,18). The molecule has 0 bridgehead atoms. The lowest BCUT2D eigenvalue weighted by Gasteiger charge is -2.10. The number of sulfonamides is 1. The highest BCUT2D eigenvalue weighted by atomic mass is 32.2. The quantitative estimate of drug-likeness (QED) is 0.670. The number of hydrogen-bond donors (Lipinski definition) is 2. The van der Waals surface area contributed by atoms with Gasteiger partial charge in [-0.3, -0.25) is 4.79 Å². The van der Waals surface area contributed by atoms with E-state index < -0.39 is 15.9 Å². The van der Waals surface area contributed by atoms with Gasteiger partial charge in [-0.2, -0.15) is 0 Å². The lowest BCUT2D eigenvalue weighted by Crippen LogP contribution is -2.26. The summed E-state index contributed by atoms with van der Waals surface area (Å²) in [5.41, 5.74) is 6.09. The Morgan fingerprint density at radius 1 is 1.36 bits per heavy atom. The van der Waals surface area contributed by atoms with Gasteiger partial charge in [-0.05, 0) is 37.0 Å². The molecule has 0 aliphatic heterocycles. The summed E-state index contributed by atoms with van der Waals surface area (Å²) in [7, 11) is -3.65. The molecular formula is C15H24N2O4S. The third kappa shape index (κ3) is 5.75. The summed E-state index contributed by atoms with van der Waals surface area (Å²) in [6.07, 6.45) is 0.584. The van der Waals surface area contributed by atoms with Gasteiger partial charge in [0.15, 0.2) is 0 Å². The van der Waals surface area contributed by atoms with Crippen LogP contribution in [0.4, 0.5) is 0 Å². The third-order valence-corrected chi connectivity index (χ3v) is 4.45. The monoisotopic (exact) mass is 328 g/mol. The number of ether oxygens (including phenoxy) is 1. The van der Waals surface area contributed by atoms with Gasteiger partial charge in [-0.25, -0.2) is 13.1 Å². The minimum Gasteiger partial charge on any atom is -0.381 e. The van der Waals surface area contributed by atoms with Gasteiger partial charge in [-0.1, -0.05) is 19.9 Å². The Labute approximate surface area is 132 Å². The molecule has 0 radical (unpaired) electrons. The molecule has 1 aromatic rings. The van der Waals surface area contributed by atoms with Crippen LogP contribution < -0.4 is 10.5 Å². The molecular weight excluding hydrogens is 304 g/mol. The molecule has 0 spiro atoms. The zero-order valence-electron chi connectivity index (χ0n) is 13.3. The Morgan fingerprint density at radius 3 is 2.64 bits per heavy atom. The summed E-state index contributed by atoms with van der Waals surface area (Å²) in [6.45, 7) is 7.25. The number of aryl methyl sites for hydroxylation is 1. The molecule has 0 saturated carbocycles. The molecule has 1 rings (SSSR count). The zero-order chi connectivity index (χ0) is 16.8. The van der Waals surface area contributed by atoms with Gasteiger partial charge in [-0.15, -0.1) is 0 Å². The van der Waals surface area contributed by atoms with E-state index in [1.165, 1.54) is 12.1 Å². The molecule has 0 atom stereocenters. The molecule has 0 aliphatic rings. The van der Waals surface area contributed by atoms with Crippen LogP contribution in [0.25, 0.3) is 0 Å². The summed E-state index contributed by atoms with van der Waals surface area (Å²) in [5.74, 6) is -0.187. The normalized spacial score (nSPS) is 11.8. The van der Waals surface area contributed by atoms with Crippen molar-refractivity contribution in [2.24, 2.45) is 11.7 Å². The van der Waals surface area contributed by atoms with Gasteiger partial charge in [0, 0.05) is 25.3 Å². The maximum absolute atomic E-state index is 12.2. The number of hydrogen-bond acceptors (Lipinski definition) is 4. The maximum Gasteiger partial charge on any atom is 0.249 e. The van der Waals surface area contributed by atoms with Crippen molar-refractivity contribution in [3.63, 3.8) is 0 Å². The smallest absolute Gasteiger partial charge is 0.249 e. The Hall–Kier alpha value is -1.44.